The fourth-order valence-electron chi connectivity index (χ4n) is 2.04. The Morgan fingerprint density at radius 3 is 2.67 bits per heavy atom. The van der Waals surface area contributed by atoms with Crippen LogP contribution in [0.1, 0.15) is 6.92 Å². The molecule has 7 heteroatoms. The molecule has 5 nitrogen and oxygen atoms in total. The van der Waals surface area contributed by atoms with E-state index in [1.807, 2.05) is 0 Å². The van der Waals surface area contributed by atoms with Gasteiger partial charge < -0.3 is 10.6 Å². The maximum atomic E-state index is 5.68. The van der Waals surface area contributed by atoms with Crippen LogP contribution >= 0.6 is 28.1 Å². The highest BCUT2D eigenvalue weighted by Gasteiger charge is 2.23. The summed E-state index contributed by atoms with van der Waals surface area (Å²) in [5.74, 6) is 0.952. The molecule has 1 unspecified atom stereocenters. The molecule has 2 N–H and O–H groups in total. The molecule has 2 rings (SSSR count). The van der Waals surface area contributed by atoms with Gasteiger partial charge in [-0.1, -0.05) is 12.2 Å². The number of aromatic nitrogens is 2. The molecule has 18 heavy (non-hydrogen) atoms. The summed E-state index contributed by atoms with van der Waals surface area (Å²) in [5.41, 5.74) is 5.68. The van der Waals surface area contributed by atoms with E-state index in [9.17, 15) is 0 Å². The predicted molar refractivity (Wildman–Crippen MR) is 79.8 cm³/mol. The predicted octanol–water partition coefficient (Wildman–Crippen LogP) is 1.04. The Balaban J connectivity index is 1.99. The van der Waals surface area contributed by atoms with E-state index in [2.05, 4.69) is 42.6 Å². The van der Waals surface area contributed by atoms with Crippen LogP contribution in [0.4, 0.5) is 5.82 Å². The van der Waals surface area contributed by atoms with Gasteiger partial charge in [-0.3, -0.25) is 4.90 Å². The second-order valence-electron chi connectivity index (χ2n) is 4.30. The third-order valence-electron chi connectivity index (χ3n) is 3.22. The van der Waals surface area contributed by atoms with E-state index in [4.69, 9.17) is 18.0 Å². The quantitative estimate of drug-likeness (QED) is 0.836. The van der Waals surface area contributed by atoms with Gasteiger partial charge in [-0.05, 0) is 22.9 Å². The van der Waals surface area contributed by atoms with Crippen molar-refractivity contribution < 1.29 is 0 Å². The van der Waals surface area contributed by atoms with Gasteiger partial charge in [0.1, 0.15) is 12.1 Å². The Morgan fingerprint density at radius 2 is 2.11 bits per heavy atom. The lowest BCUT2D eigenvalue weighted by atomic mass is 10.2. The minimum absolute atomic E-state index is 0.163. The summed E-state index contributed by atoms with van der Waals surface area (Å²) < 4.78 is 0.931. The average molecular weight is 330 g/mol. The zero-order chi connectivity index (χ0) is 13.1. The van der Waals surface area contributed by atoms with E-state index in [-0.39, 0.29) is 6.04 Å². The fourth-order valence-corrected chi connectivity index (χ4v) is 2.66. The van der Waals surface area contributed by atoms with Gasteiger partial charge in [0.25, 0.3) is 0 Å². The van der Waals surface area contributed by atoms with Crippen LogP contribution in [0.2, 0.25) is 0 Å². The molecule has 1 aromatic heterocycles. The molecule has 0 aliphatic carbocycles. The highest BCUT2D eigenvalue weighted by atomic mass is 79.9. The molecule has 1 fully saturated rings. The normalized spacial score (nSPS) is 18.7. The summed E-state index contributed by atoms with van der Waals surface area (Å²) >= 11 is 8.52. The molecular formula is C11H16BrN5S. The molecule has 0 spiro atoms. The van der Waals surface area contributed by atoms with Crippen LogP contribution in [-0.2, 0) is 0 Å². The molecule has 1 saturated heterocycles. The van der Waals surface area contributed by atoms with Crippen LogP contribution < -0.4 is 10.6 Å². The molecule has 1 aromatic rings. The maximum Gasteiger partial charge on any atom is 0.146 e. The first-order chi connectivity index (χ1) is 8.59. The van der Waals surface area contributed by atoms with Crippen LogP contribution in [0.5, 0.6) is 0 Å². The van der Waals surface area contributed by atoms with Gasteiger partial charge in [-0.15, -0.1) is 0 Å². The molecule has 0 amide bonds. The number of anilines is 1. The van der Waals surface area contributed by atoms with E-state index in [0.29, 0.717) is 4.99 Å². The third kappa shape index (κ3) is 2.96. The smallest absolute Gasteiger partial charge is 0.146 e. The third-order valence-corrected chi connectivity index (χ3v) is 4.12. The average Bonchev–Trinajstić information content (AvgIpc) is 2.38. The van der Waals surface area contributed by atoms with Crippen molar-refractivity contribution in [3.8, 4) is 0 Å². The summed E-state index contributed by atoms with van der Waals surface area (Å²) in [6.45, 7) is 5.77. The molecule has 1 atom stereocenters. The molecule has 0 radical (unpaired) electrons. The lowest BCUT2D eigenvalue weighted by molar-refractivity contribution is 0.238. The lowest BCUT2D eigenvalue weighted by Gasteiger charge is -2.38. The molecule has 0 aromatic carbocycles. The van der Waals surface area contributed by atoms with Crippen LogP contribution in [0.25, 0.3) is 0 Å². The van der Waals surface area contributed by atoms with Gasteiger partial charge in [0.15, 0.2) is 0 Å². The van der Waals surface area contributed by atoms with Gasteiger partial charge in [0.05, 0.1) is 15.5 Å². The first kappa shape index (κ1) is 13.6. The van der Waals surface area contributed by atoms with Gasteiger partial charge in [-0.25, -0.2) is 9.97 Å². The minimum Gasteiger partial charge on any atom is -0.392 e. The number of piperazine rings is 1. The Labute approximate surface area is 121 Å². The fraction of sp³-hybridized carbons (Fsp3) is 0.545. The Hall–Kier alpha value is -0.790. The topological polar surface area (TPSA) is 58.3 Å². The number of hydrogen-bond acceptors (Lipinski definition) is 5. The van der Waals surface area contributed by atoms with E-state index in [0.717, 1.165) is 36.5 Å². The van der Waals surface area contributed by atoms with Gasteiger partial charge >= 0.3 is 0 Å². The number of halogens is 1. The largest absolute Gasteiger partial charge is 0.392 e. The van der Waals surface area contributed by atoms with Crippen molar-refractivity contribution in [3.63, 3.8) is 0 Å². The van der Waals surface area contributed by atoms with E-state index < -0.39 is 0 Å². The molecule has 0 saturated carbocycles. The summed E-state index contributed by atoms with van der Waals surface area (Å²) in [4.78, 5) is 13.4. The SMILES string of the molecule is CC(C(N)=S)N1CCN(c2ncncc2Br)CC1. The summed E-state index contributed by atoms with van der Waals surface area (Å²) in [5, 5.41) is 0. The first-order valence-corrected chi connectivity index (χ1v) is 7.03. The highest BCUT2D eigenvalue weighted by Crippen LogP contribution is 2.23. The maximum absolute atomic E-state index is 5.68. The molecule has 0 bridgehead atoms. The number of rotatable bonds is 3. The van der Waals surface area contributed by atoms with E-state index in [1.165, 1.54) is 0 Å². The van der Waals surface area contributed by atoms with E-state index >= 15 is 0 Å². The van der Waals surface area contributed by atoms with Crippen LogP contribution in [0.15, 0.2) is 17.0 Å². The molecular weight excluding hydrogens is 314 g/mol. The number of nitrogens with two attached hydrogens (primary N) is 1. The molecule has 1 aliphatic rings. The minimum atomic E-state index is 0.163. The molecule has 98 valence electrons. The van der Waals surface area contributed by atoms with E-state index in [1.54, 1.807) is 12.5 Å². The Bertz CT molecular complexity index is 433. The van der Waals surface area contributed by atoms with Crippen LogP contribution in [0, 0.1) is 0 Å². The molecule has 2 heterocycles. The molecule has 1 aliphatic heterocycles. The van der Waals surface area contributed by atoms with Gasteiger partial charge in [0.2, 0.25) is 0 Å². The van der Waals surface area contributed by atoms with Gasteiger partial charge in [-0.2, -0.15) is 0 Å². The highest BCUT2D eigenvalue weighted by molar-refractivity contribution is 9.10. The Kier molecular flexibility index (Phi) is 4.47. The van der Waals surface area contributed by atoms with Crippen molar-refractivity contribution in [3.05, 3.63) is 17.0 Å². The van der Waals surface area contributed by atoms with Crippen LogP contribution in [-0.4, -0.2) is 52.1 Å². The monoisotopic (exact) mass is 329 g/mol. The van der Waals surface area contributed by atoms with Crippen molar-refractivity contribution >= 4 is 39.0 Å². The zero-order valence-electron chi connectivity index (χ0n) is 10.2. The van der Waals surface area contributed by atoms with Gasteiger partial charge in [0, 0.05) is 32.4 Å². The number of thiocarbonyl (C=S) groups is 1. The van der Waals surface area contributed by atoms with Crippen molar-refractivity contribution in [1.82, 2.24) is 14.9 Å². The van der Waals surface area contributed by atoms with Crippen molar-refractivity contribution in [2.24, 2.45) is 5.73 Å². The second kappa shape index (κ2) is 5.90. The second-order valence-corrected chi connectivity index (χ2v) is 5.62. The lowest BCUT2D eigenvalue weighted by Crippen LogP contribution is -2.53. The summed E-state index contributed by atoms with van der Waals surface area (Å²) in [7, 11) is 0. The van der Waals surface area contributed by atoms with Crippen molar-refractivity contribution in [2.45, 2.75) is 13.0 Å². The van der Waals surface area contributed by atoms with Crippen LogP contribution in [0.3, 0.4) is 0 Å². The standard InChI is InChI=1S/C11H16BrN5S/c1-8(10(13)18)16-2-4-17(5-3-16)11-9(12)6-14-7-15-11/h6-8H,2-5H2,1H3,(H2,13,18). The number of hydrogen-bond donors (Lipinski definition) is 1. The van der Waals surface area contributed by atoms with Crippen molar-refractivity contribution in [2.75, 3.05) is 31.1 Å². The zero-order valence-corrected chi connectivity index (χ0v) is 12.6. The Morgan fingerprint density at radius 1 is 1.44 bits per heavy atom. The summed E-state index contributed by atoms with van der Waals surface area (Å²) in [6.07, 6.45) is 3.34. The summed E-state index contributed by atoms with van der Waals surface area (Å²) in [6, 6.07) is 0.163. The van der Waals surface area contributed by atoms with Crippen molar-refractivity contribution in [1.29, 1.82) is 0 Å². The number of nitrogens with zero attached hydrogens (tertiary/aromatic N) is 4. The first-order valence-electron chi connectivity index (χ1n) is 5.83.